The molecule has 1 heterocycles. The van der Waals surface area contributed by atoms with E-state index in [0.29, 0.717) is 16.4 Å². The van der Waals surface area contributed by atoms with E-state index < -0.39 is 0 Å². The number of anilines is 1. The van der Waals surface area contributed by atoms with Gasteiger partial charge in [-0.2, -0.15) is 0 Å². The highest BCUT2D eigenvalue weighted by Gasteiger charge is 2.04. The average Bonchev–Trinajstić information content (AvgIpc) is 2.63. The molecule has 78 valence electrons. The number of rotatable bonds is 3. The molecule has 15 heavy (non-hydrogen) atoms. The summed E-state index contributed by atoms with van der Waals surface area (Å²) < 4.78 is 21.6. The summed E-state index contributed by atoms with van der Waals surface area (Å²) in [4.78, 5) is 0. The Labute approximate surface area is 89.7 Å². The second-order valence-corrected chi connectivity index (χ2v) is 3.61. The highest BCUT2D eigenvalue weighted by molar-refractivity contribution is 7.09. The van der Waals surface area contributed by atoms with E-state index in [2.05, 4.69) is 9.59 Å². The molecule has 6 heteroatoms. The zero-order chi connectivity index (χ0) is 10.7. The summed E-state index contributed by atoms with van der Waals surface area (Å²) in [5.41, 5.74) is 6.18. The Kier molecular flexibility index (Phi) is 2.77. The molecule has 0 unspecified atom stereocenters. The SMILES string of the molecule is Nc1snnc1COc1ccc(F)cc1. The van der Waals surface area contributed by atoms with Gasteiger partial charge in [0.1, 0.15) is 28.9 Å². The number of ether oxygens (including phenoxy) is 1. The van der Waals surface area contributed by atoms with Crippen molar-refractivity contribution in [3.63, 3.8) is 0 Å². The molecular formula is C9H8FN3OS. The Hall–Kier alpha value is -1.69. The molecule has 0 fully saturated rings. The van der Waals surface area contributed by atoms with Crippen molar-refractivity contribution in [2.75, 3.05) is 5.73 Å². The second kappa shape index (κ2) is 4.22. The van der Waals surface area contributed by atoms with E-state index in [-0.39, 0.29) is 12.4 Å². The summed E-state index contributed by atoms with van der Waals surface area (Å²) in [6, 6.07) is 5.76. The van der Waals surface area contributed by atoms with Crippen LogP contribution in [0.4, 0.5) is 9.39 Å². The first-order chi connectivity index (χ1) is 7.25. The van der Waals surface area contributed by atoms with Gasteiger partial charge < -0.3 is 10.5 Å². The molecule has 0 aliphatic rings. The number of nitrogens with zero attached hydrogens (tertiary/aromatic N) is 2. The topological polar surface area (TPSA) is 61.0 Å². The van der Waals surface area contributed by atoms with Crippen molar-refractivity contribution < 1.29 is 9.13 Å². The molecule has 2 N–H and O–H groups in total. The van der Waals surface area contributed by atoms with Crippen LogP contribution >= 0.6 is 11.5 Å². The molecule has 0 radical (unpaired) electrons. The Bertz CT molecular complexity index is 443. The first kappa shape index (κ1) is 9.85. The van der Waals surface area contributed by atoms with Crippen LogP contribution in [0.2, 0.25) is 0 Å². The van der Waals surface area contributed by atoms with Crippen molar-refractivity contribution >= 4 is 16.5 Å². The normalized spacial score (nSPS) is 10.2. The van der Waals surface area contributed by atoms with Crippen LogP contribution < -0.4 is 10.5 Å². The Morgan fingerprint density at radius 3 is 2.67 bits per heavy atom. The van der Waals surface area contributed by atoms with E-state index in [1.807, 2.05) is 0 Å². The Morgan fingerprint density at radius 1 is 1.33 bits per heavy atom. The molecule has 2 aromatic rings. The molecule has 0 atom stereocenters. The highest BCUT2D eigenvalue weighted by Crippen LogP contribution is 2.16. The molecule has 0 spiro atoms. The van der Waals surface area contributed by atoms with E-state index in [1.54, 1.807) is 12.1 Å². The predicted molar refractivity (Wildman–Crippen MR) is 55.1 cm³/mol. The maximum atomic E-state index is 12.6. The van der Waals surface area contributed by atoms with Gasteiger partial charge in [-0.25, -0.2) is 4.39 Å². The minimum absolute atomic E-state index is 0.244. The number of aromatic nitrogens is 2. The van der Waals surface area contributed by atoms with Gasteiger partial charge in [0.05, 0.1) is 0 Å². The van der Waals surface area contributed by atoms with Gasteiger partial charge in [0.15, 0.2) is 0 Å². The standard InChI is InChI=1S/C9H8FN3OS/c10-6-1-3-7(4-2-6)14-5-8-9(11)15-13-12-8/h1-4H,5,11H2. The molecule has 0 aliphatic carbocycles. The van der Waals surface area contributed by atoms with Gasteiger partial charge in [0.2, 0.25) is 0 Å². The van der Waals surface area contributed by atoms with E-state index >= 15 is 0 Å². The van der Waals surface area contributed by atoms with Gasteiger partial charge >= 0.3 is 0 Å². The lowest BCUT2D eigenvalue weighted by atomic mass is 10.3. The fraction of sp³-hybridized carbons (Fsp3) is 0.111. The number of halogens is 1. The summed E-state index contributed by atoms with van der Waals surface area (Å²) in [5, 5.41) is 4.33. The van der Waals surface area contributed by atoms with Crippen molar-refractivity contribution in [2.24, 2.45) is 0 Å². The molecule has 0 saturated heterocycles. The van der Waals surface area contributed by atoms with Crippen molar-refractivity contribution in [3.05, 3.63) is 35.8 Å². The summed E-state index contributed by atoms with van der Waals surface area (Å²) in [6.45, 7) is 0.244. The largest absolute Gasteiger partial charge is 0.487 e. The van der Waals surface area contributed by atoms with Crippen molar-refractivity contribution in [1.82, 2.24) is 9.59 Å². The fourth-order valence-corrected chi connectivity index (χ4v) is 1.43. The fourth-order valence-electron chi connectivity index (χ4n) is 0.998. The van der Waals surface area contributed by atoms with Gasteiger partial charge in [-0.05, 0) is 24.3 Å². The molecule has 1 aromatic carbocycles. The van der Waals surface area contributed by atoms with Crippen molar-refractivity contribution in [1.29, 1.82) is 0 Å². The maximum Gasteiger partial charge on any atom is 0.136 e. The third kappa shape index (κ3) is 2.41. The van der Waals surface area contributed by atoms with E-state index in [9.17, 15) is 4.39 Å². The van der Waals surface area contributed by atoms with E-state index in [0.717, 1.165) is 11.5 Å². The molecule has 0 saturated carbocycles. The quantitative estimate of drug-likeness (QED) is 0.865. The minimum Gasteiger partial charge on any atom is -0.487 e. The Morgan fingerprint density at radius 2 is 2.07 bits per heavy atom. The van der Waals surface area contributed by atoms with Crippen molar-refractivity contribution in [3.8, 4) is 5.75 Å². The number of hydrogen-bond donors (Lipinski definition) is 1. The summed E-state index contributed by atoms with van der Waals surface area (Å²) in [5.74, 6) is 0.279. The van der Waals surface area contributed by atoms with Crippen LogP contribution in [0.1, 0.15) is 5.69 Å². The average molecular weight is 225 g/mol. The van der Waals surface area contributed by atoms with Crippen LogP contribution in [0, 0.1) is 5.82 Å². The van der Waals surface area contributed by atoms with Gasteiger partial charge in [0.25, 0.3) is 0 Å². The van der Waals surface area contributed by atoms with Crippen molar-refractivity contribution in [2.45, 2.75) is 6.61 Å². The molecule has 0 amide bonds. The second-order valence-electron chi connectivity index (χ2n) is 2.83. The van der Waals surface area contributed by atoms with Gasteiger partial charge in [-0.15, -0.1) is 5.10 Å². The number of nitrogens with two attached hydrogens (primary N) is 1. The lowest BCUT2D eigenvalue weighted by Crippen LogP contribution is -1.99. The van der Waals surface area contributed by atoms with Crippen LogP contribution in [0.15, 0.2) is 24.3 Å². The van der Waals surface area contributed by atoms with Crippen LogP contribution in [-0.2, 0) is 6.61 Å². The summed E-state index contributed by atoms with van der Waals surface area (Å²) in [6.07, 6.45) is 0. The van der Waals surface area contributed by atoms with E-state index in [1.165, 1.54) is 12.1 Å². The zero-order valence-corrected chi connectivity index (χ0v) is 8.50. The molecule has 2 rings (SSSR count). The third-order valence-corrected chi connectivity index (χ3v) is 2.37. The molecule has 0 aliphatic heterocycles. The van der Waals surface area contributed by atoms with Gasteiger partial charge in [-0.3, -0.25) is 0 Å². The highest BCUT2D eigenvalue weighted by atomic mass is 32.1. The third-order valence-electron chi connectivity index (χ3n) is 1.77. The summed E-state index contributed by atoms with van der Waals surface area (Å²) in [7, 11) is 0. The van der Waals surface area contributed by atoms with E-state index in [4.69, 9.17) is 10.5 Å². The predicted octanol–water partition coefficient (Wildman–Crippen LogP) is 1.84. The molecule has 0 bridgehead atoms. The number of nitrogen functional groups attached to an aromatic ring is 1. The van der Waals surface area contributed by atoms with Crippen LogP contribution in [-0.4, -0.2) is 9.59 Å². The zero-order valence-electron chi connectivity index (χ0n) is 7.68. The minimum atomic E-state index is -0.294. The van der Waals surface area contributed by atoms with Gasteiger partial charge in [0, 0.05) is 11.5 Å². The van der Waals surface area contributed by atoms with Crippen LogP contribution in [0.25, 0.3) is 0 Å². The monoisotopic (exact) mass is 225 g/mol. The smallest absolute Gasteiger partial charge is 0.136 e. The lowest BCUT2D eigenvalue weighted by molar-refractivity contribution is 0.301. The lowest BCUT2D eigenvalue weighted by Gasteiger charge is -2.03. The van der Waals surface area contributed by atoms with Crippen LogP contribution in [0.5, 0.6) is 5.75 Å². The molecular weight excluding hydrogens is 217 g/mol. The maximum absolute atomic E-state index is 12.6. The summed E-state index contributed by atoms with van der Waals surface area (Å²) >= 11 is 1.12. The number of benzene rings is 1. The first-order valence-corrected chi connectivity index (χ1v) is 4.98. The first-order valence-electron chi connectivity index (χ1n) is 4.21. The molecule has 1 aromatic heterocycles. The van der Waals surface area contributed by atoms with Gasteiger partial charge in [-0.1, -0.05) is 4.49 Å². The number of hydrogen-bond acceptors (Lipinski definition) is 5. The van der Waals surface area contributed by atoms with Crippen LogP contribution in [0.3, 0.4) is 0 Å². The Balaban J connectivity index is 1.99. The molecule has 4 nitrogen and oxygen atoms in total.